The molecule has 1 aromatic carbocycles. The highest BCUT2D eigenvalue weighted by molar-refractivity contribution is 5.95. The first-order chi connectivity index (χ1) is 9.69. The fourth-order valence-corrected chi connectivity index (χ4v) is 1.81. The average Bonchev–Trinajstić information content (AvgIpc) is 2.97. The van der Waals surface area contributed by atoms with E-state index in [0.29, 0.717) is 24.3 Å². The molecule has 0 saturated carbocycles. The molecule has 0 amide bonds. The summed E-state index contributed by atoms with van der Waals surface area (Å²) in [6.07, 6.45) is 3.31. The Labute approximate surface area is 117 Å². The van der Waals surface area contributed by atoms with Crippen molar-refractivity contribution in [3.63, 3.8) is 0 Å². The molecule has 20 heavy (non-hydrogen) atoms. The van der Waals surface area contributed by atoms with Crippen LogP contribution in [0.5, 0.6) is 5.75 Å². The minimum atomic E-state index is -0.633. The zero-order chi connectivity index (χ0) is 14.4. The van der Waals surface area contributed by atoms with Crippen molar-refractivity contribution >= 4 is 5.78 Å². The number of rotatable bonds is 7. The number of aliphatic hydroxyl groups is 1. The van der Waals surface area contributed by atoms with Crippen molar-refractivity contribution < 1.29 is 14.6 Å². The number of hydrogen-bond donors (Lipinski definition) is 1. The second-order valence-corrected chi connectivity index (χ2v) is 4.49. The second kappa shape index (κ2) is 6.86. The summed E-state index contributed by atoms with van der Waals surface area (Å²) in [5, 5.41) is 13.8. The van der Waals surface area contributed by atoms with E-state index >= 15 is 0 Å². The minimum absolute atomic E-state index is 0.107. The van der Waals surface area contributed by atoms with Crippen LogP contribution in [0.2, 0.25) is 0 Å². The van der Waals surface area contributed by atoms with E-state index in [1.165, 1.54) is 0 Å². The highest BCUT2D eigenvalue weighted by atomic mass is 16.5. The molecule has 2 aromatic rings. The van der Waals surface area contributed by atoms with Gasteiger partial charge in [-0.2, -0.15) is 5.10 Å². The number of hydrogen-bond acceptors (Lipinski definition) is 4. The lowest BCUT2D eigenvalue weighted by Gasteiger charge is -2.12. The minimum Gasteiger partial charge on any atom is -0.491 e. The molecule has 0 spiro atoms. The molecule has 0 aliphatic carbocycles. The van der Waals surface area contributed by atoms with Crippen LogP contribution in [0.15, 0.2) is 42.7 Å². The van der Waals surface area contributed by atoms with Gasteiger partial charge in [0.25, 0.3) is 0 Å². The maximum Gasteiger partial charge on any atom is 0.162 e. The van der Waals surface area contributed by atoms with E-state index in [1.54, 1.807) is 47.4 Å². The van der Waals surface area contributed by atoms with E-state index in [0.717, 1.165) is 0 Å². The summed E-state index contributed by atoms with van der Waals surface area (Å²) >= 11 is 0. The van der Waals surface area contributed by atoms with Crippen LogP contribution in [0.1, 0.15) is 23.7 Å². The van der Waals surface area contributed by atoms with E-state index in [4.69, 9.17) is 4.74 Å². The maximum atomic E-state index is 11.5. The fourth-order valence-electron chi connectivity index (χ4n) is 1.81. The number of ketones is 1. The van der Waals surface area contributed by atoms with Gasteiger partial charge in [-0.15, -0.1) is 0 Å². The van der Waals surface area contributed by atoms with Gasteiger partial charge in [-0.3, -0.25) is 9.48 Å². The number of ether oxygens (including phenoxy) is 1. The molecular formula is C15H18N2O3. The SMILES string of the molecule is CCC(=O)c1ccc(OCC(O)Cn2cccn2)cc1. The van der Waals surface area contributed by atoms with Crippen molar-refractivity contribution in [3.8, 4) is 5.75 Å². The Bertz CT molecular complexity index is 535. The molecule has 1 N–H and O–H groups in total. The average molecular weight is 274 g/mol. The highest BCUT2D eigenvalue weighted by Crippen LogP contribution is 2.13. The van der Waals surface area contributed by atoms with Gasteiger partial charge < -0.3 is 9.84 Å². The van der Waals surface area contributed by atoms with Gasteiger partial charge in [-0.05, 0) is 30.3 Å². The number of carbonyl (C=O) groups excluding carboxylic acids is 1. The van der Waals surface area contributed by atoms with E-state index in [2.05, 4.69) is 5.10 Å². The quantitative estimate of drug-likeness (QED) is 0.783. The lowest BCUT2D eigenvalue weighted by molar-refractivity contribution is 0.0892. The Morgan fingerprint density at radius 2 is 2.15 bits per heavy atom. The lowest BCUT2D eigenvalue weighted by Crippen LogP contribution is -2.23. The molecule has 1 atom stereocenters. The zero-order valence-electron chi connectivity index (χ0n) is 11.4. The van der Waals surface area contributed by atoms with Crippen LogP contribution in [-0.4, -0.2) is 33.4 Å². The molecular weight excluding hydrogens is 256 g/mol. The van der Waals surface area contributed by atoms with Gasteiger partial charge in [0.2, 0.25) is 0 Å². The van der Waals surface area contributed by atoms with Crippen LogP contribution in [0, 0.1) is 0 Å². The molecule has 5 nitrogen and oxygen atoms in total. The number of nitrogens with zero attached hydrogens (tertiary/aromatic N) is 2. The Morgan fingerprint density at radius 3 is 2.75 bits per heavy atom. The third-order valence-corrected chi connectivity index (χ3v) is 2.90. The number of carbonyl (C=O) groups is 1. The third kappa shape index (κ3) is 3.93. The standard InChI is InChI=1S/C15H18N2O3/c1-2-15(19)12-4-6-14(7-5-12)20-11-13(18)10-17-9-3-8-16-17/h3-9,13,18H,2,10-11H2,1H3. The number of aliphatic hydroxyl groups excluding tert-OH is 1. The summed E-state index contributed by atoms with van der Waals surface area (Å²) in [6.45, 7) is 2.40. The molecule has 0 aliphatic rings. The summed E-state index contributed by atoms with van der Waals surface area (Å²) in [4.78, 5) is 11.5. The van der Waals surface area contributed by atoms with Crippen LogP contribution < -0.4 is 4.74 Å². The molecule has 2 rings (SSSR count). The van der Waals surface area contributed by atoms with Gasteiger partial charge in [0.1, 0.15) is 18.5 Å². The summed E-state index contributed by atoms with van der Waals surface area (Å²) < 4.78 is 7.13. The molecule has 0 fully saturated rings. The Balaban J connectivity index is 1.83. The van der Waals surface area contributed by atoms with Crippen molar-refractivity contribution in [1.29, 1.82) is 0 Å². The van der Waals surface area contributed by atoms with Crippen molar-refractivity contribution in [1.82, 2.24) is 9.78 Å². The topological polar surface area (TPSA) is 64.3 Å². The van der Waals surface area contributed by atoms with E-state index in [-0.39, 0.29) is 12.4 Å². The van der Waals surface area contributed by atoms with Crippen LogP contribution in [0.3, 0.4) is 0 Å². The first-order valence-corrected chi connectivity index (χ1v) is 6.60. The van der Waals surface area contributed by atoms with Gasteiger partial charge in [-0.25, -0.2) is 0 Å². The normalized spacial score (nSPS) is 12.1. The van der Waals surface area contributed by atoms with Crippen molar-refractivity contribution in [2.75, 3.05) is 6.61 Å². The van der Waals surface area contributed by atoms with Crippen LogP contribution >= 0.6 is 0 Å². The van der Waals surface area contributed by atoms with Crippen molar-refractivity contribution in [2.24, 2.45) is 0 Å². The molecule has 1 aromatic heterocycles. The monoisotopic (exact) mass is 274 g/mol. The Hall–Kier alpha value is -2.14. The molecule has 1 heterocycles. The fraction of sp³-hybridized carbons (Fsp3) is 0.333. The van der Waals surface area contributed by atoms with Crippen LogP contribution in [0.4, 0.5) is 0 Å². The van der Waals surface area contributed by atoms with E-state index < -0.39 is 6.10 Å². The molecule has 0 aliphatic heterocycles. The predicted octanol–water partition coefficient (Wildman–Crippen LogP) is 1.92. The van der Waals surface area contributed by atoms with Gasteiger partial charge in [-0.1, -0.05) is 6.92 Å². The smallest absolute Gasteiger partial charge is 0.162 e. The molecule has 5 heteroatoms. The summed E-state index contributed by atoms with van der Waals surface area (Å²) in [5.74, 6) is 0.743. The van der Waals surface area contributed by atoms with Crippen LogP contribution in [0.25, 0.3) is 0 Å². The summed E-state index contributed by atoms with van der Waals surface area (Å²) in [7, 11) is 0. The number of Topliss-reactive ketones (excluding diaryl/α,β-unsaturated/α-hetero) is 1. The van der Waals surface area contributed by atoms with Crippen molar-refractivity contribution in [3.05, 3.63) is 48.3 Å². The molecule has 0 bridgehead atoms. The van der Waals surface area contributed by atoms with E-state index in [1.807, 2.05) is 6.92 Å². The van der Waals surface area contributed by atoms with Crippen LogP contribution in [-0.2, 0) is 6.54 Å². The summed E-state index contributed by atoms with van der Waals surface area (Å²) in [6, 6.07) is 8.76. The zero-order valence-corrected chi connectivity index (χ0v) is 11.4. The maximum absolute atomic E-state index is 11.5. The van der Waals surface area contributed by atoms with Crippen molar-refractivity contribution in [2.45, 2.75) is 26.0 Å². The van der Waals surface area contributed by atoms with Gasteiger partial charge in [0.05, 0.1) is 6.54 Å². The second-order valence-electron chi connectivity index (χ2n) is 4.49. The van der Waals surface area contributed by atoms with Gasteiger partial charge in [0, 0.05) is 24.4 Å². The number of aromatic nitrogens is 2. The Morgan fingerprint density at radius 1 is 1.40 bits per heavy atom. The molecule has 0 saturated heterocycles. The molecule has 0 radical (unpaired) electrons. The van der Waals surface area contributed by atoms with E-state index in [9.17, 15) is 9.90 Å². The first kappa shape index (κ1) is 14.3. The Kier molecular flexibility index (Phi) is 4.90. The van der Waals surface area contributed by atoms with Gasteiger partial charge >= 0.3 is 0 Å². The first-order valence-electron chi connectivity index (χ1n) is 6.60. The summed E-state index contributed by atoms with van der Waals surface area (Å²) in [5.41, 5.74) is 0.678. The number of benzene rings is 1. The molecule has 1 unspecified atom stereocenters. The van der Waals surface area contributed by atoms with Gasteiger partial charge in [0.15, 0.2) is 5.78 Å². The lowest BCUT2D eigenvalue weighted by atomic mass is 10.1. The predicted molar refractivity (Wildman–Crippen MR) is 74.8 cm³/mol. The molecule has 106 valence electrons. The largest absolute Gasteiger partial charge is 0.491 e. The highest BCUT2D eigenvalue weighted by Gasteiger charge is 2.07. The third-order valence-electron chi connectivity index (χ3n) is 2.90.